The predicted molar refractivity (Wildman–Crippen MR) is 63.7 cm³/mol. The highest BCUT2D eigenvalue weighted by atomic mass is 19.2. The molecule has 0 aliphatic rings. The Labute approximate surface area is 111 Å². The van der Waals surface area contributed by atoms with Crippen molar-refractivity contribution in [3.05, 3.63) is 53.1 Å². The van der Waals surface area contributed by atoms with Crippen LogP contribution in [0.4, 0.5) is 27.6 Å². The van der Waals surface area contributed by atoms with Crippen molar-refractivity contribution in [1.29, 1.82) is 0 Å². The van der Waals surface area contributed by atoms with Gasteiger partial charge in [-0.3, -0.25) is 0 Å². The molecule has 7 heteroatoms. The van der Waals surface area contributed by atoms with Crippen molar-refractivity contribution in [3.63, 3.8) is 0 Å². The zero-order valence-corrected chi connectivity index (χ0v) is 10.5. The Morgan fingerprint density at radius 2 is 1.50 bits per heavy atom. The molecule has 2 nitrogen and oxygen atoms in total. The third kappa shape index (κ3) is 2.48. The molecule has 108 valence electrons. The number of benzene rings is 1. The zero-order chi connectivity index (χ0) is 14.9. The van der Waals surface area contributed by atoms with E-state index in [9.17, 15) is 22.0 Å². The van der Waals surface area contributed by atoms with Crippen molar-refractivity contribution in [2.45, 2.75) is 20.0 Å². The molecule has 0 spiro atoms. The smallest absolute Gasteiger partial charge is 0.200 e. The molecule has 0 unspecified atom stereocenters. The van der Waals surface area contributed by atoms with E-state index in [1.54, 1.807) is 18.5 Å². The Morgan fingerprint density at radius 3 is 2.00 bits per heavy atom. The van der Waals surface area contributed by atoms with Crippen LogP contribution in [-0.4, -0.2) is 4.57 Å². The molecule has 0 atom stereocenters. The van der Waals surface area contributed by atoms with Crippen molar-refractivity contribution in [3.8, 4) is 0 Å². The maximum atomic E-state index is 13.4. The highest BCUT2D eigenvalue weighted by Crippen LogP contribution is 2.27. The summed E-state index contributed by atoms with van der Waals surface area (Å²) in [5.41, 5.74) is -0.360. The number of aromatic nitrogens is 1. The third-order valence-corrected chi connectivity index (χ3v) is 2.86. The lowest BCUT2D eigenvalue weighted by atomic mass is 10.2. The molecule has 1 aromatic heterocycles. The number of rotatable bonds is 4. The van der Waals surface area contributed by atoms with Crippen molar-refractivity contribution in [2.75, 3.05) is 5.32 Å². The average Bonchev–Trinajstić information content (AvgIpc) is 2.91. The molecular weight excluding hydrogens is 279 g/mol. The number of nitrogens with one attached hydrogen (secondary N) is 1. The van der Waals surface area contributed by atoms with Gasteiger partial charge in [-0.05, 0) is 18.6 Å². The first-order valence-electron chi connectivity index (χ1n) is 5.85. The molecule has 0 aliphatic carbocycles. The molecule has 0 aliphatic heterocycles. The first-order chi connectivity index (χ1) is 9.45. The van der Waals surface area contributed by atoms with Gasteiger partial charge in [0, 0.05) is 25.5 Å². The average molecular weight is 290 g/mol. The van der Waals surface area contributed by atoms with E-state index in [4.69, 9.17) is 0 Å². The Kier molecular flexibility index (Phi) is 3.96. The Morgan fingerprint density at radius 1 is 0.950 bits per heavy atom. The van der Waals surface area contributed by atoms with Crippen LogP contribution in [0.1, 0.15) is 12.5 Å². The van der Waals surface area contributed by atoms with Crippen LogP contribution in [0.2, 0.25) is 0 Å². The van der Waals surface area contributed by atoms with E-state index in [0.717, 1.165) is 0 Å². The minimum atomic E-state index is -2.16. The second-order valence-electron chi connectivity index (χ2n) is 4.15. The summed E-state index contributed by atoms with van der Waals surface area (Å²) in [4.78, 5) is 0. The normalized spacial score (nSPS) is 10.9. The molecule has 2 aromatic rings. The van der Waals surface area contributed by atoms with E-state index in [-0.39, 0.29) is 6.54 Å². The van der Waals surface area contributed by atoms with Crippen LogP contribution in [0.15, 0.2) is 18.5 Å². The summed E-state index contributed by atoms with van der Waals surface area (Å²) < 4.78 is 67.4. The fraction of sp³-hybridized carbons (Fsp3) is 0.231. The molecule has 1 N–H and O–H groups in total. The predicted octanol–water partition coefficient (Wildman–Crippen LogP) is 3.82. The third-order valence-electron chi connectivity index (χ3n) is 2.86. The maximum Gasteiger partial charge on any atom is 0.200 e. The zero-order valence-electron chi connectivity index (χ0n) is 10.5. The van der Waals surface area contributed by atoms with Gasteiger partial charge in [0.05, 0.1) is 0 Å². The SMILES string of the molecule is CCn1ccc(CNc2c(F)c(F)c(F)c(F)c2F)c1. The molecule has 0 saturated heterocycles. The van der Waals surface area contributed by atoms with Gasteiger partial charge in [0.1, 0.15) is 5.69 Å². The van der Waals surface area contributed by atoms with Gasteiger partial charge in [-0.2, -0.15) is 0 Å². The standard InChI is InChI=1S/C13H11F5N2/c1-2-20-4-3-7(6-20)5-19-13-11(17)9(15)8(14)10(16)12(13)18/h3-4,6,19H,2,5H2,1H3. The minimum absolute atomic E-state index is 0.0502. The molecule has 0 radical (unpaired) electrons. The molecule has 0 bridgehead atoms. The van der Waals surface area contributed by atoms with Gasteiger partial charge >= 0.3 is 0 Å². The summed E-state index contributed by atoms with van der Waals surface area (Å²) in [5, 5.41) is 2.23. The van der Waals surface area contributed by atoms with Crippen LogP contribution < -0.4 is 5.32 Å². The lowest BCUT2D eigenvalue weighted by molar-refractivity contribution is 0.381. The molecule has 0 fully saturated rings. The van der Waals surface area contributed by atoms with Crippen molar-refractivity contribution in [2.24, 2.45) is 0 Å². The summed E-state index contributed by atoms with van der Waals surface area (Å²) in [7, 11) is 0. The Balaban J connectivity index is 2.25. The van der Waals surface area contributed by atoms with E-state index in [0.29, 0.717) is 12.1 Å². The summed E-state index contributed by atoms with van der Waals surface area (Å²) in [6, 6.07) is 1.68. The second kappa shape index (κ2) is 5.52. The van der Waals surface area contributed by atoms with Gasteiger partial charge in [0.25, 0.3) is 0 Å². The summed E-state index contributed by atoms with van der Waals surface area (Å²) >= 11 is 0. The Bertz CT molecular complexity index is 607. The van der Waals surface area contributed by atoms with Crippen LogP contribution in [0.25, 0.3) is 0 Å². The lowest BCUT2D eigenvalue weighted by Gasteiger charge is -2.10. The van der Waals surface area contributed by atoms with Gasteiger partial charge < -0.3 is 9.88 Å². The van der Waals surface area contributed by atoms with Gasteiger partial charge in [-0.15, -0.1) is 0 Å². The molecule has 0 saturated carbocycles. The summed E-state index contributed by atoms with van der Waals surface area (Å²) in [5.74, 6) is -9.81. The highest BCUT2D eigenvalue weighted by Gasteiger charge is 2.25. The summed E-state index contributed by atoms with van der Waals surface area (Å²) in [6.45, 7) is 2.56. The number of aryl methyl sites for hydroxylation is 1. The number of hydrogen-bond donors (Lipinski definition) is 1. The van der Waals surface area contributed by atoms with Crippen LogP contribution in [0.5, 0.6) is 0 Å². The number of halogens is 5. The van der Waals surface area contributed by atoms with Crippen molar-refractivity contribution < 1.29 is 22.0 Å². The molecule has 1 heterocycles. The first kappa shape index (κ1) is 14.4. The second-order valence-corrected chi connectivity index (χ2v) is 4.15. The van der Waals surface area contributed by atoms with Crippen LogP contribution >= 0.6 is 0 Å². The highest BCUT2D eigenvalue weighted by molar-refractivity contribution is 5.48. The maximum absolute atomic E-state index is 13.4. The van der Waals surface area contributed by atoms with E-state index in [1.165, 1.54) is 0 Å². The van der Waals surface area contributed by atoms with Crippen LogP contribution in [0.3, 0.4) is 0 Å². The first-order valence-corrected chi connectivity index (χ1v) is 5.85. The molecule has 20 heavy (non-hydrogen) atoms. The van der Waals surface area contributed by atoms with Gasteiger partial charge in [0.15, 0.2) is 23.3 Å². The molecular formula is C13H11F5N2. The quantitative estimate of drug-likeness (QED) is 0.514. The van der Waals surface area contributed by atoms with E-state index in [2.05, 4.69) is 5.32 Å². The molecule has 0 amide bonds. The largest absolute Gasteiger partial charge is 0.376 e. The summed E-state index contributed by atoms with van der Waals surface area (Å²) in [6.07, 6.45) is 3.45. The number of anilines is 1. The Hall–Kier alpha value is -2.05. The molecule has 1 aromatic carbocycles. The van der Waals surface area contributed by atoms with Crippen molar-refractivity contribution in [1.82, 2.24) is 4.57 Å². The van der Waals surface area contributed by atoms with Gasteiger partial charge in [0.2, 0.25) is 5.82 Å². The number of hydrogen-bond acceptors (Lipinski definition) is 1. The lowest BCUT2D eigenvalue weighted by Crippen LogP contribution is -2.09. The monoisotopic (exact) mass is 290 g/mol. The van der Waals surface area contributed by atoms with Crippen molar-refractivity contribution >= 4 is 5.69 Å². The molecule has 2 rings (SSSR count). The fourth-order valence-corrected chi connectivity index (χ4v) is 1.74. The topological polar surface area (TPSA) is 17.0 Å². The van der Waals surface area contributed by atoms with Crippen LogP contribution in [-0.2, 0) is 13.1 Å². The fourth-order valence-electron chi connectivity index (χ4n) is 1.74. The minimum Gasteiger partial charge on any atom is -0.376 e. The van der Waals surface area contributed by atoms with E-state index < -0.39 is 34.8 Å². The van der Waals surface area contributed by atoms with E-state index >= 15 is 0 Å². The van der Waals surface area contributed by atoms with Gasteiger partial charge in [-0.1, -0.05) is 0 Å². The van der Waals surface area contributed by atoms with Gasteiger partial charge in [-0.25, -0.2) is 22.0 Å². The van der Waals surface area contributed by atoms with E-state index in [1.807, 2.05) is 11.5 Å². The van der Waals surface area contributed by atoms with Crippen LogP contribution in [0, 0.1) is 29.1 Å². The number of nitrogens with zero attached hydrogens (tertiary/aromatic N) is 1.